The number of nitrogen functional groups attached to an aromatic ring is 1. The molecule has 0 spiro atoms. The molecule has 20 heavy (non-hydrogen) atoms. The Balaban J connectivity index is 1.93. The summed E-state index contributed by atoms with van der Waals surface area (Å²) in [5.41, 5.74) is 8.70. The van der Waals surface area contributed by atoms with Gasteiger partial charge in [0.1, 0.15) is 10.6 Å². The van der Waals surface area contributed by atoms with Gasteiger partial charge in [-0.3, -0.25) is 0 Å². The van der Waals surface area contributed by atoms with Gasteiger partial charge in [-0.25, -0.2) is 9.97 Å². The predicted molar refractivity (Wildman–Crippen MR) is 85.4 cm³/mol. The maximum absolute atomic E-state index is 5.79. The lowest BCUT2D eigenvalue weighted by atomic mass is 10.3. The molecule has 5 nitrogen and oxygen atoms in total. The van der Waals surface area contributed by atoms with Gasteiger partial charge in [0.05, 0.1) is 23.1 Å². The van der Waals surface area contributed by atoms with Crippen LogP contribution in [0.3, 0.4) is 0 Å². The van der Waals surface area contributed by atoms with Crippen molar-refractivity contribution in [1.29, 1.82) is 0 Å². The molecule has 0 fully saturated rings. The highest BCUT2D eigenvalue weighted by molar-refractivity contribution is 7.18. The van der Waals surface area contributed by atoms with Gasteiger partial charge in [-0.2, -0.15) is 4.98 Å². The summed E-state index contributed by atoms with van der Waals surface area (Å²) in [6.07, 6.45) is 0.994. The maximum Gasteiger partial charge on any atom is 0.223 e. The van der Waals surface area contributed by atoms with Gasteiger partial charge in [0, 0.05) is 9.75 Å². The lowest BCUT2D eigenvalue weighted by Crippen LogP contribution is -2.04. The van der Waals surface area contributed by atoms with E-state index in [1.165, 1.54) is 9.75 Å². The average molecular weight is 305 g/mol. The molecule has 0 saturated carbocycles. The van der Waals surface area contributed by atoms with E-state index in [1.807, 2.05) is 12.4 Å². The lowest BCUT2D eigenvalue weighted by Gasteiger charge is -2.06. The van der Waals surface area contributed by atoms with Crippen LogP contribution in [0.15, 0.2) is 11.6 Å². The minimum Gasteiger partial charge on any atom is -0.368 e. The number of nitrogens with zero attached hydrogens (tertiary/aromatic N) is 3. The van der Waals surface area contributed by atoms with Gasteiger partial charge in [-0.1, -0.05) is 6.92 Å². The molecule has 0 radical (unpaired) electrons. The van der Waals surface area contributed by atoms with Gasteiger partial charge in [0.25, 0.3) is 0 Å². The van der Waals surface area contributed by atoms with Crippen LogP contribution < -0.4 is 11.1 Å². The number of aryl methyl sites for hydroxylation is 2. The van der Waals surface area contributed by atoms with Crippen molar-refractivity contribution in [3.8, 4) is 0 Å². The number of hydrogen-bond acceptors (Lipinski definition) is 7. The molecule has 0 aromatic carbocycles. The summed E-state index contributed by atoms with van der Waals surface area (Å²) in [5, 5.41) is 4.40. The number of nitrogens with two attached hydrogens (primary N) is 1. The molecular weight excluding hydrogens is 290 g/mol. The molecule has 0 aliphatic rings. The van der Waals surface area contributed by atoms with Gasteiger partial charge >= 0.3 is 0 Å². The van der Waals surface area contributed by atoms with Crippen LogP contribution in [0.1, 0.15) is 22.4 Å². The summed E-state index contributed by atoms with van der Waals surface area (Å²) in [4.78, 5) is 16.3. The van der Waals surface area contributed by atoms with Crippen LogP contribution in [0.4, 0.5) is 11.8 Å². The third kappa shape index (κ3) is 2.46. The maximum atomic E-state index is 5.79. The van der Waals surface area contributed by atoms with E-state index in [0.717, 1.165) is 28.1 Å². The standard InChI is InChI=1S/C13H15N5S2/c1-3-8-4-9-11(17-13(14)18-12(9)20-8)15-5-10-7(2)16-6-19-10/h4,6H,3,5H2,1-2H3,(H3,14,15,17,18). The first-order chi connectivity index (χ1) is 9.67. The molecule has 0 atom stereocenters. The van der Waals surface area contributed by atoms with E-state index in [-0.39, 0.29) is 0 Å². The third-order valence-corrected chi connectivity index (χ3v) is 5.18. The molecule has 0 aliphatic heterocycles. The molecule has 7 heteroatoms. The number of aromatic nitrogens is 3. The fraction of sp³-hybridized carbons (Fsp3) is 0.308. The van der Waals surface area contributed by atoms with Crippen molar-refractivity contribution in [2.24, 2.45) is 0 Å². The Morgan fingerprint density at radius 1 is 1.35 bits per heavy atom. The molecule has 104 valence electrons. The van der Waals surface area contributed by atoms with E-state index in [0.29, 0.717) is 12.5 Å². The Bertz CT molecular complexity index is 746. The zero-order valence-corrected chi connectivity index (χ0v) is 12.9. The van der Waals surface area contributed by atoms with Gasteiger partial charge in [0.2, 0.25) is 5.95 Å². The fourth-order valence-electron chi connectivity index (χ4n) is 1.96. The summed E-state index contributed by atoms with van der Waals surface area (Å²) in [6.45, 7) is 4.85. The van der Waals surface area contributed by atoms with E-state index < -0.39 is 0 Å². The molecule has 0 bridgehead atoms. The summed E-state index contributed by atoms with van der Waals surface area (Å²) < 4.78 is 0. The molecule has 3 rings (SSSR count). The first-order valence-corrected chi connectivity index (χ1v) is 8.05. The van der Waals surface area contributed by atoms with Crippen molar-refractivity contribution in [2.45, 2.75) is 26.8 Å². The first-order valence-electron chi connectivity index (χ1n) is 6.36. The zero-order chi connectivity index (χ0) is 14.1. The molecule has 0 saturated heterocycles. The molecule has 0 amide bonds. The highest BCUT2D eigenvalue weighted by Gasteiger charge is 2.11. The van der Waals surface area contributed by atoms with E-state index in [2.05, 4.69) is 33.3 Å². The smallest absolute Gasteiger partial charge is 0.223 e. The number of nitrogens with one attached hydrogen (secondary N) is 1. The third-order valence-electron chi connectivity index (χ3n) is 3.07. The normalized spacial score (nSPS) is 11.1. The molecule has 3 N–H and O–H groups in total. The Morgan fingerprint density at radius 2 is 2.20 bits per heavy atom. The summed E-state index contributed by atoms with van der Waals surface area (Å²) >= 11 is 3.31. The van der Waals surface area contributed by atoms with Crippen molar-refractivity contribution < 1.29 is 0 Å². The molecule has 3 aromatic rings. The van der Waals surface area contributed by atoms with Gasteiger partial charge in [0.15, 0.2) is 0 Å². The number of hydrogen-bond donors (Lipinski definition) is 2. The quantitative estimate of drug-likeness (QED) is 0.774. The SMILES string of the molecule is CCc1cc2c(NCc3scnc3C)nc(N)nc2s1. The minimum atomic E-state index is 0.311. The summed E-state index contributed by atoms with van der Waals surface area (Å²) in [6, 6.07) is 2.14. The molecule has 0 aliphatic carbocycles. The van der Waals surface area contributed by atoms with Gasteiger partial charge in [-0.15, -0.1) is 22.7 Å². The second-order valence-electron chi connectivity index (χ2n) is 4.43. The topological polar surface area (TPSA) is 76.7 Å². The monoisotopic (exact) mass is 305 g/mol. The number of rotatable bonds is 4. The minimum absolute atomic E-state index is 0.311. The van der Waals surface area contributed by atoms with Gasteiger partial charge in [-0.05, 0) is 19.4 Å². The van der Waals surface area contributed by atoms with Crippen molar-refractivity contribution >= 4 is 44.7 Å². The van der Waals surface area contributed by atoms with Crippen LogP contribution in [0.5, 0.6) is 0 Å². The highest BCUT2D eigenvalue weighted by Crippen LogP contribution is 2.30. The highest BCUT2D eigenvalue weighted by atomic mass is 32.1. The van der Waals surface area contributed by atoms with E-state index in [9.17, 15) is 0 Å². The molecule has 0 unspecified atom stereocenters. The van der Waals surface area contributed by atoms with E-state index >= 15 is 0 Å². The number of thiazole rings is 1. The summed E-state index contributed by atoms with van der Waals surface area (Å²) in [7, 11) is 0. The van der Waals surface area contributed by atoms with Crippen LogP contribution in [-0.2, 0) is 13.0 Å². The van der Waals surface area contributed by atoms with Crippen LogP contribution >= 0.6 is 22.7 Å². The molecule has 3 heterocycles. The Labute approximate surface area is 124 Å². The Hall–Kier alpha value is -1.73. The van der Waals surface area contributed by atoms with Gasteiger partial charge < -0.3 is 11.1 Å². The van der Waals surface area contributed by atoms with Crippen LogP contribution in [-0.4, -0.2) is 15.0 Å². The molecule has 3 aromatic heterocycles. The number of thiophene rings is 1. The number of anilines is 2. The zero-order valence-electron chi connectivity index (χ0n) is 11.3. The average Bonchev–Trinajstić information content (AvgIpc) is 3.01. The van der Waals surface area contributed by atoms with Crippen LogP contribution in [0.2, 0.25) is 0 Å². The van der Waals surface area contributed by atoms with Crippen molar-refractivity contribution in [2.75, 3.05) is 11.1 Å². The predicted octanol–water partition coefficient (Wildman–Crippen LogP) is 3.21. The van der Waals surface area contributed by atoms with Crippen LogP contribution in [0, 0.1) is 6.92 Å². The Kier molecular flexibility index (Phi) is 3.54. The second-order valence-corrected chi connectivity index (χ2v) is 6.48. The second kappa shape index (κ2) is 5.34. The fourth-order valence-corrected chi connectivity index (χ4v) is 3.65. The lowest BCUT2D eigenvalue weighted by molar-refractivity contribution is 1.10. The van der Waals surface area contributed by atoms with Crippen molar-refractivity contribution in [1.82, 2.24) is 15.0 Å². The molecular formula is C13H15N5S2. The van der Waals surface area contributed by atoms with E-state index in [4.69, 9.17) is 5.73 Å². The van der Waals surface area contributed by atoms with Crippen molar-refractivity contribution in [3.63, 3.8) is 0 Å². The largest absolute Gasteiger partial charge is 0.368 e. The number of fused-ring (bicyclic) bond motifs is 1. The Morgan fingerprint density at radius 3 is 2.90 bits per heavy atom. The van der Waals surface area contributed by atoms with E-state index in [1.54, 1.807) is 22.7 Å². The van der Waals surface area contributed by atoms with Crippen LogP contribution in [0.25, 0.3) is 10.2 Å². The first kappa shape index (κ1) is 13.3. The summed E-state index contributed by atoms with van der Waals surface area (Å²) in [5.74, 6) is 1.11. The van der Waals surface area contributed by atoms with Crippen molar-refractivity contribution in [3.05, 3.63) is 27.0 Å².